The normalized spacial score (nSPS) is 14.8. The highest BCUT2D eigenvalue weighted by Crippen LogP contribution is 2.27. The molecule has 1 saturated heterocycles. The van der Waals surface area contributed by atoms with Gasteiger partial charge in [0.25, 0.3) is 5.91 Å². The van der Waals surface area contributed by atoms with Gasteiger partial charge in [0, 0.05) is 25.5 Å². The van der Waals surface area contributed by atoms with Gasteiger partial charge in [0.1, 0.15) is 11.3 Å². The lowest BCUT2D eigenvalue weighted by molar-refractivity contribution is -0.121. The number of amides is 3. The molecule has 0 saturated carbocycles. The first kappa shape index (κ1) is 19.1. The highest BCUT2D eigenvalue weighted by atomic mass is 32.1. The third-order valence-electron chi connectivity index (χ3n) is 4.69. The SMILES string of the molecule is CCOc1cccc2sc(=NC(=O)c3cccc(N4C(=O)CCC4=O)c3)n(C)c12. The number of hydrogen-bond acceptors (Lipinski definition) is 5. The van der Waals surface area contributed by atoms with Crippen LogP contribution in [0.4, 0.5) is 5.69 Å². The smallest absolute Gasteiger partial charge is 0.279 e. The molecule has 0 aliphatic carbocycles. The summed E-state index contributed by atoms with van der Waals surface area (Å²) in [6, 6.07) is 12.2. The summed E-state index contributed by atoms with van der Waals surface area (Å²) in [5, 5.41) is 0. The van der Waals surface area contributed by atoms with Crippen LogP contribution in [0.3, 0.4) is 0 Å². The molecule has 2 aromatic carbocycles. The highest BCUT2D eigenvalue weighted by Gasteiger charge is 2.30. The zero-order valence-corrected chi connectivity index (χ0v) is 16.9. The Kier molecular flexibility index (Phi) is 5.02. The summed E-state index contributed by atoms with van der Waals surface area (Å²) >= 11 is 1.39. The number of para-hydroxylation sites is 1. The number of aryl methyl sites for hydroxylation is 1. The van der Waals surface area contributed by atoms with E-state index >= 15 is 0 Å². The number of hydrogen-bond donors (Lipinski definition) is 0. The van der Waals surface area contributed by atoms with E-state index in [2.05, 4.69) is 4.99 Å². The average molecular weight is 409 g/mol. The minimum absolute atomic E-state index is 0.196. The molecule has 1 fully saturated rings. The first-order chi connectivity index (χ1) is 14.0. The van der Waals surface area contributed by atoms with Crippen molar-refractivity contribution in [2.75, 3.05) is 11.5 Å². The number of benzene rings is 2. The van der Waals surface area contributed by atoms with E-state index in [1.807, 2.05) is 36.7 Å². The van der Waals surface area contributed by atoms with Crippen LogP contribution in [0.5, 0.6) is 5.75 Å². The molecule has 8 heteroatoms. The Bertz CT molecular complexity index is 1190. The topological polar surface area (TPSA) is 81.0 Å². The monoisotopic (exact) mass is 409 g/mol. The molecule has 148 valence electrons. The van der Waals surface area contributed by atoms with Gasteiger partial charge in [-0.2, -0.15) is 4.99 Å². The predicted molar refractivity (Wildman–Crippen MR) is 110 cm³/mol. The van der Waals surface area contributed by atoms with E-state index < -0.39 is 5.91 Å². The lowest BCUT2D eigenvalue weighted by Crippen LogP contribution is -2.28. The van der Waals surface area contributed by atoms with Crippen molar-refractivity contribution in [1.29, 1.82) is 0 Å². The molecule has 1 aliphatic heterocycles. The molecule has 2 heterocycles. The molecule has 0 unspecified atom stereocenters. The van der Waals surface area contributed by atoms with Gasteiger partial charge in [-0.3, -0.25) is 19.3 Å². The van der Waals surface area contributed by atoms with Gasteiger partial charge in [-0.15, -0.1) is 0 Å². The first-order valence-corrected chi connectivity index (χ1v) is 10.1. The number of anilines is 1. The lowest BCUT2D eigenvalue weighted by Gasteiger charge is -2.14. The maximum Gasteiger partial charge on any atom is 0.279 e. The van der Waals surface area contributed by atoms with E-state index in [4.69, 9.17) is 4.74 Å². The molecular formula is C21H19N3O4S. The van der Waals surface area contributed by atoms with Crippen molar-refractivity contribution >= 4 is 45.0 Å². The fourth-order valence-electron chi connectivity index (χ4n) is 3.34. The number of imide groups is 1. The molecule has 3 amide bonds. The molecule has 4 rings (SSSR count). The van der Waals surface area contributed by atoms with Crippen LogP contribution in [0, 0.1) is 0 Å². The number of thiazole rings is 1. The van der Waals surface area contributed by atoms with Gasteiger partial charge >= 0.3 is 0 Å². The molecule has 0 spiro atoms. The van der Waals surface area contributed by atoms with E-state index in [0.29, 0.717) is 22.7 Å². The van der Waals surface area contributed by atoms with E-state index in [0.717, 1.165) is 20.9 Å². The van der Waals surface area contributed by atoms with Crippen LogP contribution in [-0.2, 0) is 16.6 Å². The Morgan fingerprint density at radius 2 is 1.86 bits per heavy atom. The number of aromatic nitrogens is 1. The van der Waals surface area contributed by atoms with Crippen LogP contribution in [0.15, 0.2) is 47.5 Å². The Morgan fingerprint density at radius 1 is 1.14 bits per heavy atom. The molecule has 29 heavy (non-hydrogen) atoms. The van der Waals surface area contributed by atoms with Gasteiger partial charge in [-0.25, -0.2) is 0 Å². The van der Waals surface area contributed by atoms with Crippen molar-refractivity contribution in [3.05, 3.63) is 52.8 Å². The number of rotatable bonds is 4. The zero-order valence-electron chi connectivity index (χ0n) is 16.0. The lowest BCUT2D eigenvalue weighted by atomic mass is 10.2. The molecule has 0 atom stereocenters. The second kappa shape index (κ2) is 7.63. The molecule has 0 bridgehead atoms. The number of carbonyl (C=O) groups is 3. The molecule has 1 aliphatic rings. The third kappa shape index (κ3) is 3.47. The van der Waals surface area contributed by atoms with Crippen LogP contribution in [0.1, 0.15) is 30.1 Å². The summed E-state index contributed by atoms with van der Waals surface area (Å²) in [5.74, 6) is -0.205. The van der Waals surface area contributed by atoms with Crippen LogP contribution >= 0.6 is 11.3 Å². The van der Waals surface area contributed by atoms with Gasteiger partial charge < -0.3 is 9.30 Å². The molecule has 0 N–H and O–H groups in total. The Hall–Kier alpha value is -3.26. The Morgan fingerprint density at radius 3 is 2.59 bits per heavy atom. The van der Waals surface area contributed by atoms with Crippen LogP contribution in [0.25, 0.3) is 10.2 Å². The predicted octanol–water partition coefficient (Wildman–Crippen LogP) is 3.03. The minimum Gasteiger partial charge on any atom is -0.492 e. The van der Waals surface area contributed by atoms with Crippen LogP contribution in [0.2, 0.25) is 0 Å². The van der Waals surface area contributed by atoms with Gasteiger partial charge in [0.15, 0.2) is 4.80 Å². The zero-order chi connectivity index (χ0) is 20.5. The highest BCUT2D eigenvalue weighted by molar-refractivity contribution is 7.16. The van der Waals surface area contributed by atoms with Gasteiger partial charge in [0.2, 0.25) is 11.8 Å². The Labute approximate surface area is 170 Å². The summed E-state index contributed by atoms with van der Waals surface area (Å²) in [7, 11) is 1.84. The Balaban J connectivity index is 1.73. The second-order valence-electron chi connectivity index (χ2n) is 6.57. The fraction of sp³-hybridized carbons (Fsp3) is 0.238. The molecule has 1 aromatic heterocycles. The van der Waals surface area contributed by atoms with Gasteiger partial charge in [-0.1, -0.05) is 23.5 Å². The van der Waals surface area contributed by atoms with Crippen molar-refractivity contribution in [2.45, 2.75) is 19.8 Å². The average Bonchev–Trinajstić information content (AvgIpc) is 3.21. The minimum atomic E-state index is -0.439. The maximum absolute atomic E-state index is 12.8. The fourth-order valence-corrected chi connectivity index (χ4v) is 4.38. The number of ether oxygens (including phenoxy) is 1. The summed E-state index contributed by atoms with van der Waals surface area (Å²) in [6.07, 6.45) is 0.391. The summed E-state index contributed by atoms with van der Waals surface area (Å²) in [5.41, 5.74) is 1.60. The van der Waals surface area contributed by atoms with Crippen molar-refractivity contribution in [3.8, 4) is 5.75 Å². The molecule has 3 aromatic rings. The third-order valence-corrected chi connectivity index (χ3v) is 5.78. The number of fused-ring (bicyclic) bond motifs is 1. The molecular weight excluding hydrogens is 390 g/mol. The molecule has 0 radical (unpaired) electrons. The van der Waals surface area contributed by atoms with Crippen molar-refractivity contribution in [1.82, 2.24) is 4.57 Å². The maximum atomic E-state index is 12.8. The van der Waals surface area contributed by atoms with Crippen molar-refractivity contribution in [2.24, 2.45) is 12.0 Å². The summed E-state index contributed by atoms with van der Waals surface area (Å²) < 4.78 is 8.48. The molecule has 7 nitrogen and oxygen atoms in total. The van der Waals surface area contributed by atoms with Crippen molar-refractivity contribution < 1.29 is 19.1 Å². The second-order valence-corrected chi connectivity index (χ2v) is 7.58. The number of carbonyl (C=O) groups excluding carboxylic acids is 3. The van der Waals surface area contributed by atoms with Crippen molar-refractivity contribution in [3.63, 3.8) is 0 Å². The first-order valence-electron chi connectivity index (χ1n) is 9.26. The van der Waals surface area contributed by atoms with Crippen LogP contribution < -0.4 is 14.4 Å². The van der Waals surface area contributed by atoms with Crippen LogP contribution in [-0.4, -0.2) is 28.9 Å². The van der Waals surface area contributed by atoms with E-state index in [1.165, 1.54) is 17.4 Å². The van der Waals surface area contributed by atoms with E-state index in [9.17, 15) is 14.4 Å². The summed E-state index contributed by atoms with van der Waals surface area (Å²) in [6.45, 7) is 2.46. The quantitative estimate of drug-likeness (QED) is 0.621. The van der Waals surface area contributed by atoms with E-state index in [-0.39, 0.29) is 24.7 Å². The number of nitrogens with zero attached hydrogens (tertiary/aromatic N) is 3. The largest absolute Gasteiger partial charge is 0.492 e. The summed E-state index contributed by atoms with van der Waals surface area (Å²) in [4.78, 5) is 42.7. The van der Waals surface area contributed by atoms with Gasteiger partial charge in [-0.05, 0) is 37.3 Å². The standard InChI is InChI=1S/C21H19N3O4S/c1-3-28-15-8-5-9-16-19(15)23(2)21(29-16)22-20(27)13-6-4-7-14(12-13)24-17(25)10-11-18(24)26/h4-9,12H,3,10-11H2,1-2H3. The van der Waals surface area contributed by atoms with E-state index in [1.54, 1.807) is 18.2 Å². The van der Waals surface area contributed by atoms with Gasteiger partial charge in [0.05, 0.1) is 17.0 Å².